The van der Waals surface area contributed by atoms with E-state index in [2.05, 4.69) is 4.99 Å². The highest BCUT2D eigenvalue weighted by molar-refractivity contribution is 6.40. The Balaban J connectivity index is 1.78. The third-order valence-corrected chi connectivity index (χ3v) is 5.10. The molecule has 1 atom stereocenters. The zero-order chi connectivity index (χ0) is 18.9. The number of fused-ring (bicyclic) bond motifs is 4. The second-order valence-corrected chi connectivity index (χ2v) is 6.97. The van der Waals surface area contributed by atoms with E-state index in [0.717, 1.165) is 11.1 Å². The molecule has 0 saturated carbocycles. The van der Waals surface area contributed by atoms with Crippen LogP contribution in [0.3, 0.4) is 0 Å². The molecule has 0 spiro atoms. The van der Waals surface area contributed by atoms with E-state index in [1.807, 2.05) is 26.0 Å². The summed E-state index contributed by atoms with van der Waals surface area (Å²) < 4.78 is 6.05. The van der Waals surface area contributed by atoms with Crippen LogP contribution in [-0.2, 0) is 0 Å². The van der Waals surface area contributed by atoms with Gasteiger partial charge in [0.2, 0.25) is 0 Å². The average molecular weight is 357 g/mol. The summed E-state index contributed by atoms with van der Waals surface area (Å²) in [5, 5.41) is 10.5. The minimum atomic E-state index is -0.709. The Morgan fingerprint density at radius 2 is 1.67 bits per heavy atom. The van der Waals surface area contributed by atoms with Gasteiger partial charge in [0.15, 0.2) is 17.7 Å². The zero-order valence-electron chi connectivity index (χ0n) is 14.7. The zero-order valence-corrected chi connectivity index (χ0v) is 14.7. The van der Waals surface area contributed by atoms with E-state index in [0.29, 0.717) is 28.3 Å². The van der Waals surface area contributed by atoms with Crippen molar-refractivity contribution in [1.29, 1.82) is 0 Å². The fraction of sp³-hybridized carbons (Fsp3) is 0.136. The molecule has 132 valence electrons. The number of aliphatic hydroxyl groups is 1. The Hall–Kier alpha value is -3.47. The van der Waals surface area contributed by atoms with Crippen molar-refractivity contribution in [3.05, 3.63) is 81.6 Å². The third-order valence-electron chi connectivity index (χ3n) is 5.10. The fourth-order valence-corrected chi connectivity index (χ4v) is 3.95. The van der Waals surface area contributed by atoms with E-state index < -0.39 is 6.10 Å². The van der Waals surface area contributed by atoms with E-state index in [1.165, 1.54) is 6.08 Å². The molecule has 0 saturated heterocycles. The highest BCUT2D eigenvalue weighted by Gasteiger charge is 2.43. The largest absolute Gasteiger partial charge is 0.507 e. The number of hydrogen-bond acceptors (Lipinski definition) is 5. The lowest BCUT2D eigenvalue weighted by molar-refractivity contribution is 0.0973. The van der Waals surface area contributed by atoms with E-state index in [-0.39, 0.29) is 28.5 Å². The van der Waals surface area contributed by atoms with Crippen molar-refractivity contribution in [1.82, 2.24) is 0 Å². The van der Waals surface area contributed by atoms with Gasteiger partial charge < -0.3 is 9.84 Å². The van der Waals surface area contributed by atoms with Gasteiger partial charge in [0.05, 0.1) is 16.9 Å². The van der Waals surface area contributed by atoms with E-state index in [1.54, 1.807) is 24.3 Å². The summed E-state index contributed by atoms with van der Waals surface area (Å²) in [6, 6.07) is 10.5. The van der Waals surface area contributed by atoms with Crippen LogP contribution >= 0.6 is 0 Å². The number of nitrogens with zero attached hydrogens (tertiary/aromatic N) is 1. The van der Waals surface area contributed by atoms with Crippen molar-refractivity contribution in [2.75, 3.05) is 0 Å². The van der Waals surface area contributed by atoms with Gasteiger partial charge in [-0.05, 0) is 31.0 Å². The van der Waals surface area contributed by atoms with Crippen LogP contribution in [0.2, 0.25) is 0 Å². The second kappa shape index (κ2) is 5.27. The van der Waals surface area contributed by atoms with Gasteiger partial charge in [0.25, 0.3) is 0 Å². The molecule has 1 N–H and O–H groups in total. The van der Waals surface area contributed by atoms with Gasteiger partial charge in [0, 0.05) is 17.2 Å². The van der Waals surface area contributed by atoms with Crippen LogP contribution < -0.4 is 4.74 Å². The summed E-state index contributed by atoms with van der Waals surface area (Å²) in [5.41, 5.74) is 3.70. The minimum absolute atomic E-state index is 0.00475. The lowest BCUT2D eigenvalue weighted by atomic mass is 9.77. The molecule has 0 fully saturated rings. The first-order chi connectivity index (χ1) is 13.0. The molecule has 2 aromatic rings. The fourth-order valence-electron chi connectivity index (χ4n) is 3.95. The molecule has 1 aliphatic heterocycles. The van der Waals surface area contributed by atoms with Crippen LogP contribution in [-0.4, -0.2) is 28.5 Å². The maximum absolute atomic E-state index is 13.2. The highest BCUT2D eigenvalue weighted by atomic mass is 16.5. The molecule has 0 aromatic heterocycles. The molecule has 0 bridgehead atoms. The number of benzene rings is 2. The van der Waals surface area contributed by atoms with Crippen LogP contribution in [0.1, 0.15) is 31.8 Å². The summed E-state index contributed by atoms with van der Waals surface area (Å²) in [6.07, 6.45) is 0.735. The maximum atomic E-state index is 13.2. The van der Waals surface area contributed by atoms with Gasteiger partial charge >= 0.3 is 0 Å². The Kier molecular flexibility index (Phi) is 3.07. The van der Waals surface area contributed by atoms with Gasteiger partial charge in [-0.1, -0.05) is 30.3 Å². The number of carbonyl (C=O) groups excluding carboxylic acids is 2. The van der Waals surface area contributed by atoms with Crippen LogP contribution in [0.4, 0.5) is 5.69 Å². The Bertz CT molecular complexity index is 1170. The van der Waals surface area contributed by atoms with Gasteiger partial charge in [-0.3, -0.25) is 9.59 Å². The van der Waals surface area contributed by atoms with Gasteiger partial charge in [-0.2, -0.15) is 0 Å². The molecular weight excluding hydrogens is 342 g/mol. The van der Waals surface area contributed by atoms with Crippen LogP contribution in [0.15, 0.2) is 64.4 Å². The van der Waals surface area contributed by atoms with Crippen molar-refractivity contribution in [2.24, 2.45) is 4.99 Å². The molecule has 5 nitrogen and oxygen atoms in total. The number of aliphatic hydroxyl groups excluding tert-OH is 1. The molecule has 27 heavy (non-hydrogen) atoms. The molecule has 5 rings (SSSR count). The molecule has 0 radical (unpaired) electrons. The predicted octanol–water partition coefficient (Wildman–Crippen LogP) is 3.97. The quantitative estimate of drug-likeness (QED) is 0.774. The number of ketones is 2. The molecule has 5 heteroatoms. The van der Waals surface area contributed by atoms with Crippen molar-refractivity contribution < 1.29 is 19.4 Å². The number of carbonyl (C=O) groups is 2. The minimum Gasteiger partial charge on any atom is -0.507 e. The Labute approximate surface area is 155 Å². The Morgan fingerprint density at radius 3 is 2.37 bits per heavy atom. The monoisotopic (exact) mass is 357 g/mol. The van der Waals surface area contributed by atoms with Gasteiger partial charge in [-0.15, -0.1) is 0 Å². The van der Waals surface area contributed by atoms with Crippen molar-refractivity contribution in [2.45, 2.75) is 20.0 Å². The van der Waals surface area contributed by atoms with Crippen molar-refractivity contribution in [3.8, 4) is 5.75 Å². The summed E-state index contributed by atoms with van der Waals surface area (Å²) in [6.45, 7) is 3.89. The summed E-state index contributed by atoms with van der Waals surface area (Å²) in [5.74, 6) is -0.311. The number of aliphatic imine (C=N–C) groups is 1. The summed E-state index contributed by atoms with van der Waals surface area (Å²) in [7, 11) is 0. The predicted molar refractivity (Wildman–Crippen MR) is 100 cm³/mol. The highest BCUT2D eigenvalue weighted by Crippen LogP contribution is 2.42. The number of aryl methyl sites for hydroxylation is 2. The van der Waals surface area contributed by atoms with Gasteiger partial charge in [0.1, 0.15) is 17.2 Å². The summed E-state index contributed by atoms with van der Waals surface area (Å²) in [4.78, 5) is 30.8. The molecule has 3 aliphatic rings. The van der Waals surface area contributed by atoms with Crippen LogP contribution in [0.25, 0.3) is 0 Å². The topological polar surface area (TPSA) is 76.0 Å². The third kappa shape index (κ3) is 2.08. The number of allylic oxidation sites excluding steroid dienone is 1. The first kappa shape index (κ1) is 15.8. The maximum Gasteiger partial charge on any atom is 0.198 e. The second-order valence-electron chi connectivity index (χ2n) is 6.97. The number of hydrogen-bond donors (Lipinski definition) is 1. The summed E-state index contributed by atoms with van der Waals surface area (Å²) >= 11 is 0. The van der Waals surface area contributed by atoms with Crippen molar-refractivity contribution in [3.63, 3.8) is 0 Å². The standard InChI is InChI=1S/C22H15NO4/c1-10-7-11(2)22-14(8-10)23-19-16(27-22)9-15(24)17-18(19)21(26)13-6-4-3-5-12(13)20(17)25/h3-9,16,24H,1-2H3. The number of ether oxygens (including phenoxy) is 1. The van der Waals surface area contributed by atoms with E-state index in [9.17, 15) is 14.7 Å². The average Bonchev–Trinajstić information content (AvgIpc) is 2.64. The van der Waals surface area contributed by atoms with E-state index in [4.69, 9.17) is 4.74 Å². The SMILES string of the molecule is Cc1cc(C)c2c(c1)N=C1C3=C(C(=O)c4ccccc4C3=O)C(O)=CC1O2. The normalized spacial score (nSPS) is 20.0. The molecular formula is C22H15NO4. The van der Waals surface area contributed by atoms with E-state index >= 15 is 0 Å². The lowest BCUT2D eigenvalue weighted by Gasteiger charge is -2.32. The molecule has 1 heterocycles. The smallest absolute Gasteiger partial charge is 0.198 e. The number of rotatable bonds is 0. The molecule has 2 aliphatic carbocycles. The molecule has 0 amide bonds. The first-order valence-electron chi connectivity index (χ1n) is 8.66. The van der Waals surface area contributed by atoms with Crippen LogP contribution in [0, 0.1) is 13.8 Å². The van der Waals surface area contributed by atoms with Crippen molar-refractivity contribution >= 4 is 23.0 Å². The molecule has 1 unspecified atom stereocenters. The first-order valence-corrected chi connectivity index (χ1v) is 8.66. The lowest BCUT2D eigenvalue weighted by Crippen LogP contribution is -2.39. The molecule has 2 aromatic carbocycles. The van der Waals surface area contributed by atoms with Crippen LogP contribution in [0.5, 0.6) is 5.75 Å². The van der Waals surface area contributed by atoms with Gasteiger partial charge in [-0.25, -0.2) is 4.99 Å². The Morgan fingerprint density at radius 1 is 1.00 bits per heavy atom. The number of Topliss-reactive ketones (excluding diaryl/α,β-unsaturated/α-hetero) is 2.